The number of anilines is 1. The van der Waals surface area contributed by atoms with Crippen molar-refractivity contribution < 1.29 is 27.9 Å². The third-order valence-electron chi connectivity index (χ3n) is 3.70. The fraction of sp³-hybridized carbons (Fsp3) is 0.438. The monoisotopic (exact) mass is 355 g/mol. The molecule has 0 atom stereocenters. The predicted molar refractivity (Wildman–Crippen MR) is 84.8 cm³/mol. The fourth-order valence-corrected chi connectivity index (χ4v) is 2.40. The van der Waals surface area contributed by atoms with Crippen LogP contribution in [0.1, 0.15) is 13.3 Å². The summed E-state index contributed by atoms with van der Waals surface area (Å²) in [6.45, 7) is 3.10. The summed E-state index contributed by atoms with van der Waals surface area (Å²) < 4.78 is 31.8. The SMILES string of the molecule is CCOC(=O)N1CCN(C(=O)CC(=O)Nc2c(F)cccc2F)CC1. The van der Waals surface area contributed by atoms with Crippen molar-refractivity contribution in [2.24, 2.45) is 0 Å². The molecule has 1 aromatic carbocycles. The maximum atomic E-state index is 13.5. The first kappa shape index (κ1) is 18.6. The van der Waals surface area contributed by atoms with Gasteiger partial charge in [-0.3, -0.25) is 9.59 Å². The first-order valence-corrected chi connectivity index (χ1v) is 7.85. The molecule has 0 radical (unpaired) electrons. The van der Waals surface area contributed by atoms with Crippen molar-refractivity contribution in [1.29, 1.82) is 0 Å². The van der Waals surface area contributed by atoms with Crippen LogP contribution >= 0.6 is 0 Å². The Kier molecular flexibility index (Phi) is 6.26. The number of nitrogens with zero attached hydrogens (tertiary/aromatic N) is 2. The smallest absolute Gasteiger partial charge is 0.409 e. The molecule has 0 saturated carbocycles. The van der Waals surface area contributed by atoms with E-state index in [2.05, 4.69) is 5.32 Å². The molecule has 9 heteroatoms. The van der Waals surface area contributed by atoms with E-state index in [1.54, 1.807) is 6.92 Å². The Labute approximate surface area is 143 Å². The maximum absolute atomic E-state index is 13.5. The van der Waals surface area contributed by atoms with E-state index in [1.807, 2.05) is 0 Å². The number of hydrogen-bond acceptors (Lipinski definition) is 4. The molecule has 7 nitrogen and oxygen atoms in total. The maximum Gasteiger partial charge on any atom is 0.409 e. The second kappa shape index (κ2) is 8.41. The molecule has 0 spiro atoms. The van der Waals surface area contributed by atoms with Crippen molar-refractivity contribution >= 4 is 23.6 Å². The van der Waals surface area contributed by atoms with Crippen LogP contribution in [0.3, 0.4) is 0 Å². The number of hydrogen-bond donors (Lipinski definition) is 1. The molecule has 0 aromatic heterocycles. The number of rotatable bonds is 4. The highest BCUT2D eigenvalue weighted by Crippen LogP contribution is 2.18. The molecule has 0 bridgehead atoms. The molecule has 25 heavy (non-hydrogen) atoms. The summed E-state index contributed by atoms with van der Waals surface area (Å²) in [6.07, 6.45) is -0.977. The Balaban J connectivity index is 1.84. The van der Waals surface area contributed by atoms with Gasteiger partial charge in [0, 0.05) is 26.2 Å². The van der Waals surface area contributed by atoms with Crippen LogP contribution in [-0.4, -0.2) is 60.5 Å². The number of halogens is 2. The van der Waals surface area contributed by atoms with Gasteiger partial charge in [-0.1, -0.05) is 6.07 Å². The average molecular weight is 355 g/mol. The lowest BCUT2D eigenvalue weighted by Gasteiger charge is -2.34. The molecular weight excluding hydrogens is 336 g/mol. The molecule has 136 valence electrons. The minimum Gasteiger partial charge on any atom is -0.450 e. The van der Waals surface area contributed by atoms with Gasteiger partial charge < -0.3 is 19.9 Å². The number of benzene rings is 1. The van der Waals surface area contributed by atoms with Gasteiger partial charge in [0.1, 0.15) is 23.7 Å². The van der Waals surface area contributed by atoms with E-state index >= 15 is 0 Å². The van der Waals surface area contributed by atoms with Gasteiger partial charge in [0.15, 0.2) is 0 Å². The molecule has 1 aliphatic rings. The highest BCUT2D eigenvalue weighted by atomic mass is 19.1. The lowest BCUT2D eigenvalue weighted by molar-refractivity contribution is -0.136. The quantitative estimate of drug-likeness (QED) is 0.832. The van der Waals surface area contributed by atoms with Crippen molar-refractivity contribution in [2.45, 2.75) is 13.3 Å². The van der Waals surface area contributed by atoms with Gasteiger partial charge in [-0.2, -0.15) is 0 Å². The Morgan fingerprint density at radius 2 is 1.64 bits per heavy atom. The molecule has 1 saturated heterocycles. The molecule has 1 fully saturated rings. The van der Waals surface area contributed by atoms with Gasteiger partial charge in [0.05, 0.1) is 6.61 Å². The summed E-state index contributed by atoms with van der Waals surface area (Å²) in [4.78, 5) is 38.4. The molecule has 0 unspecified atom stereocenters. The van der Waals surface area contributed by atoms with Crippen LogP contribution < -0.4 is 5.32 Å². The van der Waals surface area contributed by atoms with E-state index in [0.29, 0.717) is 13.1 Å². The predicted octanol–water partition coefficient (Wildman–Crippen LogP) is 1.59. The number of carbonyl (C=O) groups excluding carboxylic acids is 3. The van der Waals surface area contributed by atoms with Crippen molar-refractivity contribution in [3.8, 4) is 0 Å². The van der Waals surface area contributed by atoms with Crippen LogP contribution in [0, 0.1) is 11.6 Å². The van der Waals surface area contributed by atoms with Crippen molar-refractivity contribution in [2.75, 3.05) is 38.1 Å². The highest BCUT2D eigenvalue weighted by molar-refractivity contribution is 6.03. The van der Waals surface area contributed by atoms with Crippen molar-refractivity contribution in [3.63, 3.8) is 0 Å². The minimum absolute atomic E-state index is 0.263. The van der Waals surface area contributed by atoms with E-state index in [9.17, 15) is 23.2 Å². The standard InChI is InChI=1S/C16H19F2N3O4/c1-2-25-16(24)21-8-6-20(7-9-21)14(23)10-13(22)19-15-11(17)4-3-5-12(15)18/h3-5H,2,6-10H2,1H3,(H,19,22). The summed E-state index contributed by atoms with van der Waals surface area (Å²) in [5.74, 6) is -3.10. The zero-order chi connectivity index (χ0) is 18.4. The molecule has 1 aliphatic heterocycles. The second-order valence-corrected chi connectivity index (χ2v) is 5.39. The normalized spacial score (nSPS) is 14.2. The van der Waals surface area contributed by atoms with Crippen molar-refractivity contribution in [3.05, 3.63) is 29.8 Å². The molecule has 1 N–H and O–H groups in total. The Hall–Kier alpha value is -2.71. The summed E-state index contributed by atoms with van der Waals surface area (Å²) in [5, 5.41) is 2.07. The molecule has 1 aromatic rings. The third kappa shape index (κ3) is 4.88. The number of carbonyl (C=O) groups is 3. The number of amides is 3. The Morgan fingerprint density at radius 1 is 1.08 bits per heavy atom. The van der Waals surface area contributed by atoms with E-state index in [0.717, 1.165) is 12.1 Å². The van der Waals surface area contributed by atoms with Crippen LogP contribution in [0.4, 0.5) is 19.3 Å². The lowest BCUT2D eigenvalue weighted by atomic mass is 10.2. The summed E-state index contributed by atoms with van der Waals surface area (Å²) in [5.41, 5.74) is -0.576. The van der Waals surface area contributed by atoms with Crippen LogP contribution in [0.15, 0.2) is 18.2 Å². The molecule has 0 aliphatic carbocycles. The van der Waals surface area contributed by atoms with E-state index in [1.165, 1.54) is 15.9 Å². The Bertz CT molecular complexity index is 641. The number of para-hydroxylation sites is 1. The summed E-state index contributed by atoms with van der Waals surface area (Å²) in [7, 11) is 0. The Morgan fingerprint density at radius 3 is 2.20 bits per heavy atom. The van der Waals surface area contributed by atoms with Gasteiger partial charge in [0.25, 0.3) is 0 Å². The molecule has 3 amide bonds. The van der Waals surface area contributed by atoms with E-state index in [-0.39, 0.29) is 19.7 Å². The summed E-state index contributed by atoms with van der Waals surface area (Å²) in [6, 6.07) is 3.19. The zero-order valence-corrected chi connectivity index (χ0v) is 13.8. The highest BCUT2D eigenvalue weighted by Gasteiger charge is 2.26. The van der Waals surface area contributed by atoms with Gasteiger partial charge >= 0.3 is 6.09 Å². The van der Waals surface area contributed by atoms with E-state index in [4.69, 9.17) is 4.74 Å². The van der Waals surface area contributed by atoms with Crippen LogP contribution in [0.25, 0.3) is 0 Å². The van der Waals surface area contributed by atoms with E-state index < -0.39 is 41.7 Å². The van der Waals surface area contributed by atoms with Crippen molar-refractivity contribution in [1.82, 2.24) is 9.80 Å². The minimum atomic E-state index is -0.913. The number of nitrogens with one attached hydrogen (secondary N) is 1. The zero-order valence-electron chi connectivity index (χ0n) is 13.8. The summed E-state index contributed by atoms with van der Waals surface area (Å²) >= 11 is 0. The molecular formula is C16H19F2N3O4. The largest absolute Gasteiger partial charge is 0.450 e. The first-order chi connectivity index (χ1) is 11.9. The lowest BCUT2D eigenvalue weighted by Crippen LogP contribution is -2.51. The average Bonchev–Trinajstić information content (AvgIpc) is 2.58. The molecule has 2 rings (SSSR count). The van der Waals surface area contributed by atoms with Gasteiger partial charge in [-0.05, 0) is 19.1 Å². The van der Waals surface area contributed by atoms with Gasteiger partial charge in [-0.15, -0.1) is 0 Å². The molecule has 1 heterocycles. The van der Waals surface area contributed by atoms with Crippen LogP contribution in [0.2, 0.25) is 0 Å². The third-order valence-corrected chi connectivity index (χ3v) is 3.70. The number of ether oxygens (including phenoxy) is 1. The second-order valence-electron chi connectivity index (χ2n) is 5.39. The van der Waals surface area contributed by atoms with Crippen LogP contribution in [-0.2, 0) is 14.3 Å². The number of piperazine rings is 1. The fourth-order valence-electron chi connectivity index (χ4n) is 2.40. The topological polar surface area (TPSA) is 79.0 Å². The van der Waals surface area contributed by atoms with Gasteiger partial charge in [0.2, 0.25) is 11.8 Å². The first-order valence-electron chi connectivity index (χ1n) is 7.85. The van der Waals surface area contributed by atoms with Gasteiger partial charge in [-0.25, -0.2) is 13.6 Å². The van der Waals surface area contributed by atoms with Crippen LogP contribution in [0.5, 0.6) is 0 Å².